The quantitative estimate of drug-likeness (QED) is 0.328. The van der Waals surface area contributed by atoms with Crippen molar-refractivity contribution in [2.24, 2.45) is 10.9 Å². The molecule has 0 aliphatic heterocycles. The molecule has 0 saturated carbocycles. The van der Waals surface area contributed by atoms with Crippen molar-refractivity contribution in [3.05, 3.63) is 35.4 Å². The molecule has 1 atom stereocenters. The van der Waals surface area contributed by atoms with Crippen LogP contribution in [0.5, 0.6) is 0 Å². The van der Waals surface area contributed by atoms with Crippen LogP contribution in [-0.4, -0.2) is 23.0 Å². The van der Waals surface area contributed by atoms with E-state index in [1.54, 1.807) is 6.92 Å². The molecule has 5 nitrogen and oxygen atoms in total. The third kappa shape index (κ3) is 2.93. The zero-order valence-electron chi connectivity index (χ0n) is 9.65. The highest BCUT2D eigenvalue weighted by Gasteiger charge is 2.21. The van der Waals surface area contributed by atoms with Gasteiger partial charge in [-0.2, -0.15) is 0 Å². The fraction of sp³-hybridized carbons (Fsp3) is 0.273. The second kappa shape index (κ2) is 5.95. The number of rotatable bonds is 4. The second-order valence-electron chi connectivity index (χ2n) is 3.56. The van der Waals surface area contributed by atoms with Crippen LogP contribution in [0.1, 0.15) is 23.7 Å². The van der Waals surface area contributed by atoms with Gasteiger partial charge in [0.2, 0.25) is 0 Å². The van der Waals surface area contributed by atoms with E-state index in [2.05, 4.69) is 10.5 Å². The van der Waals surface area contributed by atoms with Crippen molar-refractivity contribution in [2.75, 3.05) is 0 Å². The molecule has 0 radical (unpaired) electrons. The maximum atomic E-state index is 13.3. The number of hydrogen-bond donors (Lipinski definition) is 3. The largest absolute Gasteiger partial charge is 0.409 e. The average molecular weight is 257 g/mol. The van der Waals surface area contributed by atoms with E-state index in [0.29, 0.717) is 6.42 Å². The van der Waals surface area contributed by atoms with Crippen LogP contribution in [0.2, 0.25) is 0 Å². The number of nitrogens with zero attached hydrogens (tertiary/aromatic N) is 1. The summed E-state index contributed by atoms with van der Waals surface area (Å²) in [4.78, 5) is 11.7. The van der Waals surface area contributed by atoms with Gasteiger partial charge < -0.3 is 16.3 Å². The maximum Gasteiger partial charge on any atom is 0.257 e. The van der Waals surface area contributed by atoms with Gasteiger partial charge >= 0.3 is 0 Å². The number of benzene rings is 1. The van der Waals surface area contributed by atoms with E-state index in [1.807, 2.05) is 0 Å². The minimum absolute atomic E-state index is 0.234. The number of hydrogen-bond acceptors (Lipinski definition) is 3. The van der Waals surface area contributed by atoms with Gasteiger partial charge in [0, 0.05) is 0 Å². The van der Waals surface area contributed by atoms with E-state index in [-0.39, 0.29) is 5.84 Å². The zero-order valence-corrected chi connectivity index (χ0v) is 9.65. The van der Waals surface area contributed by atoms with Crippen LogP contribution in [0.15, 0.2) is 23.4 Å². The van der Waals surface area contributed by atoms with Crippen LogP contribution in [-0.2, 0) is 0 Å². The van der Waals surface area contributed by atoms with Crippen molar-refractivity contribution >= 4 is 11.7 Å². The number of halogens is 2. The summed E-state index contributed by atoms with van der Waals surface area (Å²) in [5, 5.41) is 13.5. The molecule has 0 fully saturated rings. The van der Waals surface area contributed by atoms with Crippen LogP contribution in [0.25, 0.3) is 0 Å². The molecule has 1 aromatic rings. The van der Waals surface area contributed by atoms with Crippen molar-refractivity contribution in [2.45, 2.75) is 19.4 Å². The fourth-order valence-corrected chi connectivity index (χ4v) is 1.40. The van der Waals surface area contributed by atoms with Crippen LogP contribution >= 0.6 is 0 Å². The summed E-state index contributed by atoms with van der Waals surface area (Å²) in [5.41, 5.74) is 4.64. The third-order valence-electron chi connectivity index (χ3n) is 2.38. The number of amidine groups is 1. The van der Waals surface area contributed by atoms with Gasteiger partial charge in [-0.05, 0) is 18.6 Å². The molecule has 7 heteroatoms. The van der Waals surface area contributed by atoms with E-state index in [0.717, 1.165) is 18.2 Å². The smallest absolute Gasteiger partial charge is 0.257 e. The first-order valence-corrected chi connectivity index (χ1v) is 5.23. The molecule has 1 unspecified atom stereocenters. The molecule has 0 aromatic heterocycles. The molecule has 0 aliphatic rings. The Morgan fingerprint density at radius 3 is 2.50 bits per heavy atom. The van der Waals surface area contributed by atoms with Gasteiger partial charge in [0.15, 0.2) is 5.84 Å². The first kappa shape index (κ1) is 13.9. The summed E-state index contributed by atoms with van der Waals surface area (Å²) < 4.78 is 26.7. The fourth-order valence-electron chi connectivity index (χ4n) is 1.40. The lowest BCUT2D eigenvalue weighted by Crippen LogP contribution is -2.44. The number of oxime groups is 1. The molecule has 0 heterocycles. The number of amides is 1. The van der Waals surface area contributed by atoms with Crippen LogP contribution in [0.4, 0.5) is 8.78 Å². The van der Waals surface area contributed by atoms with E-state index >= 15 is 0 Å². The predicted octanol–water partition coefficient (Wildman–Crippen LogP) is 1.22. The van der Waals surface area contributed by atoms with Gasteiger partial charge in [0.1, 0.15) is 17.2 Å². The molecule has 0 saturated heterocycles. The highest BCUT2D eigenvalue weighted by molar-refractivity contribution is 5.98. The second-order valence-corrected chi connectivity index (χ2v) is 3.56. The van der Waals surface area contributed by atoms with E-state index in [1.165, 1.54) is 0 Å². The topological polar surface area (TPSA) is 87.7 Å². The molecule has 0 aliphatic carbocycles. The molecule has 18 heavy (non-hydrogen) atoms. The Hall–Kier alpha value is -2.18. The number of nitrogens with two attached hydrogens (primary N) is 1. The van der Waals surface area contributed by atoms with Crippen molar-refractivity contribution in [1.82, 2.24) is 5.32 Å². The Morgan fingerprint density at radius 1 is 1.50 bits per heavy atom. The Labute approximate surface area is 102 Å². The summed E-state index contributed by atoms with van der Waals surface area (Å²) in [6.07, 6.45) is 0.317. The lowest BCUT2D eigenvalue weighted by atomic mass is 10.1. The summed E-state index contributed by atoms with van der Waals surface area (Å²) in [6, 6.07) is 2.31. The van der Waals surface area contributed by atoms with Crippen molar-refractivity contribution in [3.63, 3.8) is 0 Å². The van der Waals surface area contributed by atoms with Crippen molar-refractivity contribution in [1.29, 1.82) is 0 Å². The number of carbonyl (C=O) groups excluding carboxylic acids is 1. The van der Waals surface area contributed by atoms with Gasteiger partial charge in [0.05, 0.1) is 6.04 Å². The van der Waals surface area contributed by atoms with Crippen LogP contribution in [0.3, 0.4) is 0 Å². The molecule has 0 bridgehead atoms. The molecule has 0 spiro atoms. The minimum atomic E-state index is -0.970. The summed E-state index contributed by atoms with van der Waals surface area (Å²) in [6.45, 7) is 1.67. The summed E-state index contributed by atoms with van der Waals surface area (Å²) >= 11 is 0. The van der Waals surface area contributed by atoms with E-state index in [4.69, 9.17) is 10.9 Å². The first-order valence-electron chi connectivity index (χ1n) is 5.23. The maximum absolute atomic E-state index is 13.3. The van der Waals surface area contributed by atoms with Crippen LogP contribution < -0.4 is 11.1 Å². The number of nitrogens with one attached hydrogen (secondary N) is 1. The molecule has 4 N–H and O–H groups in total. The van der Waals surface area contributed by atoms with Gasteiger partial charge in [0.25, 0.3) is 5.91 Å². The van der Waals surface area contributed by atoms with E-state index in [9.17, 15) is 13.6 Å². The highest BCUT2D eigenvalue weighted by Crippen LogP contribution is 2.12. The van der Waals surface area contributed by atoms with Gasteiger partial charge in [-0.3, -0.25) is 4.79 Å². The minimum Gasteiger partial charge on any atom is -0.409 e. The van der Waals surface area contributed by atoms with Crippen molar-refractivity contribution < 1.29 is 18.8 Å². The Balaban J connectivity index is 2.95. The Bertz CT molecular complexity index is 457. The Kier molecular flexibility index (Phi) is 4.59. The van der Waals surface area contributed by atoms with Gasteiger partial charge in [-0.1, -0.05) is 18.1 Å². The lowest BCUT2D eigenvalue weighted by Gasteiger charge is -2.15. The summed E-state index contributed by atoms with van der Waals surface area (Å²) in [7, 11) is 0. The molecular weight excluding hydrogens is 244 g/mol. The molecule has 1 amide bonds. The molecule has 1 aromatic carbocycles. The monoisotopic (exact) mass is 257 g/mol. The lowest BCUT2D eigenvalue weighted by molar-refractivity contribution is 0.0937. The Morgan fingerprint density at radius 2 is 2.06 bits per heavy atom. The van der Waals surface area contributed by atoms with Crippen molar-refractivity contribution in [3.8, 4) is 0 Å². The van der Waals surface area contributed by atoms with E-state index < -0.39 is 29.1 Å². The third-order valence-corrected chi connectivity index (χ3v) is 2.38. The van der Waals surface area contributed by atoms with Gasteiger partial charge in [-0.15, -0.1) is 0 Å². The predicted molar refractivity (Wildman–Crippen MR) is 61.3 cm³/mol. The zero-order chi connectivity index (χ0) is 13.7. The molecular formula is C11H13F2N3O2. The standard InChI is InChI=1S/C11H13F2N3O2/c1-2-8(10(14)16-18)15-11(17)9-6(12)4-3-5-7(9)13/h3-5,8,18H,2H2,1H3,(H2,14,16)(H,15,17). The number of carbonyl (C=O) groups is 1. The van der Waals surface area contributed by atoms with Gasteiger partial charge in [-0.25, -0.2) is 8.78 Å². The normalized spacial score (nSPS) is 13.2. The molecule has 98 valence electrons. The highest BCUT2D eigenvalue weighted by atomic mass is 19.1. The molecule has 1 rings (SSSR count). The first-order chi connectivity index (χ1) is 8.51. The SMILES string of the molecule is CCC(NC(=O)c1c(F)cccc1F)/C(N)=N/O. The summed E-state index contributed by atoms with van der Waals surface area (Å²) in [5.74, 6) is -3.13. The average Bonchev–Trinajstić information content (AvgIpc) is 2.34. The van der Waals surface area contributed by atoms with Crippen LogP contribution in [0, 0.1) is 11.6 Å².